The molecule has 2 nitrogen and oxygen atoms in total. The first-order chi connectivity index (χ1) is 14.7. The van der Waals surface area contributed by atoms with Crippen molar-refractivity contribution >= 4 is 33.6 Å². The predicted octanol–water partition coefficient (Wildman–Crippen LogP) is 5.90. The molecule has 0 radical (unpaired) electrons. The number of halogens is 1. The number of imidazole rings is 1. The maximum atomic E-state index is 3.97. The second kappa shape index (κ2) is 11.6. The van der Waals surface area contributed by atoms with Crippen molar-refractivity contribution in [2.45, 2.75) is 33.0 Å². The van der Waals surface area contributed by atoms with Crippen molar-refractivity contribution in [1.82, 2.24) is 9.55 Å². The number of rotatable bonds is 6. The third-order valence-corrected chi connectivity index (χ3v) is 5.69. The molecule has 3 aromatic carbocycles. The molecule has 0 bridgehead atoms. The summed E-state index contributed by atoms with van der Waals surface area (Å²) in [5, 5.41) is 0. The van der Waals surface area contributed by atoms with Crippen LogP contribution in [0, 0.1) is 0 Å². The predicted molar refractivity (Wildman–Crippen MR) is 134 cm³/mol. The Hall–Kier alpha value is -2.59. The minimum atomic E-state index is 0.530. The van der Waals surface area contributed by atoms with Gasteiger partial charge in [0.25, 0.3) is 0 Å². The highest BCUT2D eigenvalue weighted by Crippen LogP contribution is 2.13. The largest absolute Gasteiger partial charge is 0.306 e. The second-order valence-corrected chi connectivity index (χ2v) is 8.23. The number of nitrogens with zero attached hydrogens (tertiary/aromatic N) is 2. The van der Waals surface area contributed by atoms with E-state index >= 15 is 0 Å². The molecule has 0 spiro atoms. The molecule has 0 N–H and O–H groups in total. The van der Waals surface area contributed by atoms with Gasteiger partial charge in [0.15, 0.2) is 0 Å². The zero-order valence-corrected chi connectivity index (χ0v) is 19.3. The topological polar surface area (TPSA) is 17.8 Å². The lowest BCUT2D eigenvalue weighted by Gasteiger charge is -2.13. The third-order valence-electron chi connectivity index (χ3n) is 5.16. The number of aromatic nitrogens is 2. The van der Waals surface area contributed by atoms with E-state index in [2.05, 4.69) is 89.4 Å². The Morgan fingerprint density at radius 2 is 1.50 bits per heavy atom. The molecule has 0 saturated carbocycles. The van der Waals surface area contributed by atoms with Gasteiger partial charge in [-0.1, -0.05) is 108 Å². The van der Waals surface area contributed by atoms with Crippen molar-refractivity contribution in [3.63, 3.8) is 0 Å². The Morgan fingerprint density at radius 1 is 0.833 bits per heavy atom. The van der Waals surface area contributed by atoms with Crippen LogP contribution in [0.1, 0.15) is 25.8 Å². The molecule has 0 aliphatic carbocycles. The van der Waals surface area contributed by atoms with Gasteiger partial charge < -0.3 is 4.57 Å². The van der Waals surface area contributed by atoms with Gasteiger partial charge in [-0.05, 0) is 36.2 Å². The van der Waals surface area contributed by atoms with Crippen molar-refractivity contribution in [2.24, 2.45) is 0 Å². The van der Waals surface area contributed by atoms with Gasteiger partial charge in [0.2, 0.25) is 6.71 Å². The molecule has 0 saturated heterocycles. The average Bonchev–Trinajstić information content (AvgIpc) is 3.32. The Labute approximate surface area is 189 Å². The summed E-state index contributed by atoms with van der Waals surface area (Å²) in [6, 6.07) is 28.0. The highest BCUT2D eigenvalue weighted by molar-refractivity contribution is 9.10. The van der Waals surface area contributed by atoms with Gasteiger partial charge >= 0.3 is 0 Å². The molecule has 0 atom stereocenters. The van der Waals surface area contributed by atoms with Gasteiger partial charge in [-0.3, -0.25) is 0 Å². The van der Waals surface area contributed by atoms with Gasteiger partial charge in [0.05, 0.1) is 6.33 Å². The smallest absolute Gasteiger partial charge is 0.209 e. The van der Waals surface area contributed by atoms with E-state index in [-0.39, 0.29) is 0 Å². The Balaban J connectivity index is 0.000000184. The van der Waals surface area contributed by atoms with Crippen molar-refractivity contribution in [3.8, 4) is 5.69 Å². The quantitative estimate of drug-likeness (QED) is 0.328. The second-order valence-electron chi connectivity index (χ2n) is 7.31. The lowest BCUT2D eigenvalue weighted by Crippen LogP contribution is -2.41. The Kier molecular flexibility index (Phi) is 8.52. The first-order valence-electron chi connectivity index (χ1n) is 10.6. The molecule has 152 valence electrons. The van der Waals surface area contributed by atoms with Crippen LogP contribution in [0.15, 0.2) is 102 Å². The summed E-state index contributed by atoms with van der Waals surface area (Å²) in [7, 11) is 0. The van der Waals surface area contributed by atoms with E-state index in [1.54, 1.807) is 12.5 Å². The minimum absolute atomic E-state index is 0.530. The van der Waals surface area contributed by atoms with Crippen molar-refractivity contribution < 1.29 is 0 Å². The maximum absolute atomic E-state index is 3.97. The minimum Gasteiger partial charge on any atom is -0.306 e. The van der Waals surface area contributed by atoms with Crippen LogP contribution in [0.2, 0.25) is 6.32 Å². The monoisotopic (exact) mass is 458 g/mol. The van der Waals surface area contributed by atoms with Gasteiger partial charge in [-0.15, -0.1) is 0 Å². The Bertz CT molecular complexity index is 982. The molecule has 4 aromatic rings. The SMILES string of the molecule is Brc1ccc(-n2ccnc2)cc1.CCCc1ccc(B(CC)c2ccccc2)cc1. The number of hydrogen-bond acceptors (Lipinski definition) is 1. The number of hydrogen-bond donors (Lipinski definition) is 0. The molecule has 0 aliphatic rings. The summed E-state index contributed by atoms with van der Waals surface area (Å²) in [6.45, 7) is 5.02. The normalized spacial score (nSPS) is 10.2. The van der Waals surface area contributed by atoms with Crippen molar-refractivity contribution in [1.29, 1.82) is 0 Å². The van der Waals surface area contributed by atoms with Gasteiger partial charge in [-0.2, -0.15) is 0 Å². The average molecular weight is 459 g/mol. The third kappa shape index (κ3) is 6.20. The van der Waals surface area contributed by atoms with Crippen LogP contribution in [0.4, 0.5) is 0 Å². The molecule has 1 aromatic heterocycles. The lowest BCUT2D eigenvalue weighted by atomic mass is 9.39. The fourth-order valence-electron chi connectivity index (χ4n) is 3.58. The van der Waals surface area contributed by atoms with Gasteiger partial charge in [0, 0.05) is 22.6 Å². The highest BCUT2D eigenvalue weighted by atomic mass is 79.9. The molecular weight excluding hydrogens is 431 g/mol. The fraction of sp³-hybridized carbons (Fsp3) is 0.192. The standard InChI is InChI=1S/C17H21B.C9H7BrN2/c1-3-8-15-11-13-17(14-12-15)18(4-2)16-9-6-5-7-10-16;10-8-1-3-9(4-2-8)12-6-5-11-7-12/h5-7,9-14H,3-4,8H2,1-2H3;1-7H. The summed E-state index contributed by atoms with van der Waals surface area (Å²) in [5.41, 5.74) is 5.42. The van der Waals surface area contributed by atoms with E-state index in [0.717, 1.165) is 16.5 Å². The fourth-order valence-corrected chi connectivity index (χ4v) is 3.84. The van der Waals surface area contributed by atoms with E-state index in [9.17, 15) is 0 Å². The van der Waals surface area contributed by atoms with Gasteiger partial charge in [0.1, 0.15) is 0 Å². The van der Waals surface area contributed by atoms with Gasteiger partial charge in [-0.25, -0.2) is 4.98 Å². The molecular formula is C26H28BBrN2. The maximum Gasteiger partial charge on any atom is 0.209 e. The zero-order chi connectivity index (χ0) is 21.2. The summed E-state index contributed by atoms with van der Waals surface area (Å²) in [6.07, 6.45) is 9.02. The first kappa shape index (κ1) is 22.1. The zero-order valence-electron chi connectivity index (χ0n) is 17.7. The summed E-state index contributed by atoms with van der Waals surface area (Å²) in [5.74, 6) is 0. The van der Waals surface area contributed by atoms with Crippen LogP contribution >= 0.6 is 15.9 Å². The first-order valence-corrected chi connectivity index (χ1v) is 11.4. The van der Waals surface area contributed by atoms with Crippen molar-refractivity contribution in [2.75, 3.05) is 0 Å². The molecule has 30 heavy (non-hydrogen) atoms. The molecule has 0 aliphatic heterocycles. The summed E-state index contributed by atoms with van der Waals surface area (Å²) < 4.78 is 3.05. The van der Waals surface area contributed by atoms with Crippen LogP contribution in [0.3, 0.4) is 0 Å². The molecule has 0 fully saturated rings. The van der Waals surface area contributed by atoms with Crippen LogP contribution in [0.5, 0.6) is 0 Å². The van der Waals surface area contributed by atoms with Crippen LogP contribution in [-0.4, -0.2) is 16.3 Å². The van der Waals surface area contributed by atoms with Crippen LogP contribution < -0.4 is 10.9 Å². The van der Waals surface area contributed by atoms with E-state index in [1.165, 1.54) is 29.3 Å². The molecule has 4 heteroatoms. The summed E-state index contributed by atoms with van der Waals surface area (Å²) in [4.78, 5) is 3.97. The summed E-state index contributed by atoms with van der Waals surface area (Å²) >= 11 is 3.38. The molecule has 0 amide bonds. The highest BCUT2D eigenvalue weighted by Gasteiger charge is 2.15. The molecule has 0 unspecified atom stereocenters. The van der Waals surface area contributed by atoms with E-state index in [0.29, 0.717) is 6.71 Å². The molecule has 1 heterocycles. The van der Waals surface area contributed by atoms with E-state index in [1.807, 2.05) is 35.0 Å². The number of benzene rings is 3. The van der Waals surface area contributed by atoms with Crippen LogP contribution in [0.25, 0.3) is 5.69 Å². The molecule has 4 rings (SSSR count). The van der Waals surface area contributed by atoms with E-state index < -0.39 is 0 Å². The van der Waals surface area contributed by atoms with Crippen molar-refractivity contribution in [3.05, 3.63) is 108 Å². The number of aryl methyl sites for hydroxylation is 1. The van der Waals surface area contributed by atoms with Crippen LogP contribution in [-0.2, 0) is 6.42 Å². The Morgan fingerprint density at radius 3 is 2.07 bits per heavy atom. The van der Waals surface area contributed by atoms with E-state index in [4.69, 9.17) is 0 Å². The lowest BCUT2D eigenvalue weighted by molar-refractivity contribution is 0.922.